The van der Waals surface area contributed by atoms with Crippen LogP contribution in [0.15, 0.2) is 36.5 Å². The van der Waals surface area contributed by atoms with Gasteiger partial charge >= 0.3 is 6.09 Å². The van der Waals surface area contributed by atoms with Crippen LogP contribution in [-0.2, 0) is 0 Å². The molecule has 1 aromatic carbocycles. The highest BCUT2D eigenvalue weighted by atomic mass is 35.5. The number of nitrogen functional groups attached to an aromatic ring is 1. The van der Waals surface area contributed by atoms with Crippen molar-refractivity contribution in [1.82, 2.24) is 19.9 Å². The zero-order valence-corrected chi connectivity index (χ0v) is 15.1. The second-order valence-corrected chi connectivity index (χ2v) is 6.09. The first-order valence-electron chi connectivity index (χ1n) is 7.95. The van der Waals surface area contributed by atoms with Crippen molar-refractivity contribution in [3.05, 3.63) is 41.6 Å². The fourth-order valence-corrected chi connectivity index (χ4v) is 2.50. The smallest absolute Gasteiger partial charge is 0.407 e. The Morgan fingerprint density at radius 3 is 2.93 bits per heavy atom. The molecule has 0 aliphatic rings. The van der Waals surface area contributed by atoms with E-state index in [4.69, 9.17) is 27.2 Å². The van der Waals surface area contributed by atoms with E-state index < -0.39 is 6.09 Å². The molecular weight excluding hydrogens is 372 g/mol. The van der Waals surface area contributed by atoms with Gasteiger partial charge in [0.15, 0.2) is 0 Å². The van der Waals surface area contributed by atoms with Gasteiger partial charge in [0.2, 0.25) is 11.8 Å². The maximum Gasteiger partial charge on any atom is 0.407 e. The summed E-state index contributed by atoms with van der Waals surface area (Å²) in [5.74, 6) is 1.19. The average Bonchev–Trinajstić information content (AvgIpc) is 2.61. The summed E-state index contributed by atoms with van der Waals surface area (Å²) in [4.78, 5) is 24.3. The molecule has 3 rings (SSSR count). The lowest BCUT2D eigenvalue weighted by molar-refractivity contribution is 0.146. The van der Waals surface area contributed by atoms with E-state index in [1.165, 1.54) is 7.05 Å². The number of halogens is 1. The summed E-state index contributed by atoms with van der Waals surface area (Å²) in [7, 11) is 1.45. The Bertz CT molecular complexity index is 984. The summed E-state index contributed by atoms with van der Waals surface area (Å²) in [5.41, 5.74) is 5.74. The van der Waals surface area contributed by atoms with Crippen LogP contribution < -0.4 is 15.8 Å². The second kappa shape index (κ2) is 7.92. The normalized spacial score (nSPS) is 10.6. The Morgan fingerprint density at radius 2 is 2.15 bits per heavy atom. The number of rotatable bonds is 6. The molecule has 0 bridgehead atoms. The van der Waals surface area contributed by atoms with Crippen LogP contribution in [0.4, 0.5) is 22.4 Å². The summed E-state index contributed by atoms with van der Waals surface area (Å²) in [5, 5.41) is 14.3. The number of amides is 1. The largest absolute Gasteiger partial charge is 0.476 e. The van der Waals surface area contributed by atoms with Gasteiger partial charge in [-0.1, -0.05) is 17.7 Å². The van der Waals surface area contributed by atoms with Gasteiger partial charge in [0, 0.05) is 29.7 Å². The van der Waals surface area contributed by atoms with Gasteiger partial charge in [0.05, 0.1) is 6.54 Å². The molecule has 0 aliphatic heterocycles. The molecule has 2 heterocycles. The lowest BCUT2D eigenvalue weighted by atomic mass is 10.1. The molecule has 0 saturated heterocycles. The van der Waals surface area contributed by atoms with Crippen LogP contribution in [0.1, 0.15) is 0 Å². The van der Waals surface area contributed by atoms with Crippen molar-refractivity contribution in [2.24, 2.45) is 0 Å². The van der Waals surface area contributed by atoms with Gasteiger partial charge in [-0.25, -0.2) is 9.78 Å². The zero-order valence-electron chi connectivity index (χ0n) is 14.4. The average molecular weight is 389 g/mol. The topological polar surface area (TPSA) is 126 Å². The maximum atomic E-state index is 10.8. The standard InChI is InChI=1S/C17H17ClN6O3/c1-24(17(25)26)6-7-27-14-9-13(22-16(19)23-14)21-15-12-8-11(18)3-2-10(12)4-5-20-15/h2-5,8-9H,6-7H2,1H3,(H,25,26)(H3,19,20,21,22,23). The van der Waals surface area contributed by atoms with Crippen LogP contribution in [0.2, 0.25) is 5.02 Å². The SMILES string of the molecule is CN(CCOc1cc(Nc2nccc3ccc(Cl)cc23)nc(N)n1)C(=O)O. The number of pyridine rings is 1. The monoisotopic (exact) mass is 388 g/mol. The van der Waals surface area contributed by atoms with Crippen molar-refractivity contribution in [2.75, 3.05) is 31.2 Å². The number of fused-ring (bicyclic) bond motifs is 1. The molecule has 9 nitrogen and oxygen atoms in total. The van der Waals surface area contributed by atoms with Crippen LogP contribution in [0, 0.1) is 0 Å². The molecule has 0 spiro atoms. The molecule has 4 N–H and O–H groups in total. The molecule has 3 aromatic rings. The Labute approximate surface area is 159 Å². The minimum Gasteiger partial charge on any atom is -0.476 e. The third kappa shape index (κ3) is 4.64. The molecule has 1 amide bonds. The first kappa shape index (κ1) is 18.5. The van der Waals surface area contributed by atoms with Gasteiger partial charge < -0.3 is 25.8 Å². The fourth-order valence-electron chi connectivity index (χ4n) is 2.33. The van der Waals surface area contributed by atoms with Crippen molar-refractivity contribution < 1.29 is 14.6 Å². The lowest BCUT2D eigenvalue weighted by Gasteiger charge is -2.14. The molecule has 0 radical (unpaired) electrons. The third-order valence-corrected chi connectivity index (χ3v) is 3.93. The number of likely N-dealkylation sites (N-methyl/N-ethyl adjacent to an activating group) is 1. The zero-order chi connectivity index (χ0) is 19.4. The van der Waals surface area contributed by atoms with Crippen molar-refractivity contribution in [1.29, 1.82) is 0 Å². The number of hydrogen-bond donors (Lipinski definition) is 3. The quantitative estimate of drug-likeness (QED) is 0.588. The molecule has 0 fully saturated rings. The molecular formula is C17H17ClN6O3. The van der Waals surface area contributed by atoms with Gasteiger partial charge in [-0.05, 0) is 23.6 Å². The van der Waals surface area contributed by atoms with E-state index >= 15 is 0 Å². The van der Waals surface area contributed by atoms with Gasteiger partial charge in [-0.2, -0.15) is 9.97 Å². The summed E-state index contributed by atoms with van der Waals surface area (Å²) in [6.45, 7) is 0.312. The van der Waals surface area contributed by atoms with Crippen LogP contribution in [-0.4, -0.2) is 51.3 Å². The highest BCUT2D eigenvalue weighted by Crippen LogP contribution is 2.27. The Kier molecular flexibility index (Phi) is 5.41. The predicted molar refractivity (Wildman–Crippen MR) is 103 cm³/mol. The second-order valence-electron chi connectivity index (χ2n) is 5.65. The molecule has 10 heteroatoms. The van der Waals surface area contributed by atoms with E-state index in [0.717, 1.165) is 15.7 Å². The van der Waals surface area contributed by atoms with Crippen LogP contribution in [0.5, 0.6) is 5.88 Å². The number of nitrogens with one attached hydrogen (secondary N) is 1. The summed E-state index contributed by atoms with van der Waals surface area (Å²) in [6, 6.07) is 8.93. The number of anilines is 3. The molecule has 0 saturated carbocycles. The van der Waals surface area contributed by atoms with Crippen LogP contribution in [0.25, 0.3) is 10.8 Å². The number of benzene rings is 1. The summed E-state index contributed by atoms with van der Waals surface area (Å²) < 4.78 is 5.47. The first-order valence-corrected chi connectivity index (χ1v) is 8.33. The van der Waals surface area contributed by atoms with Crippen molar-refractivity contribution in [2.45, 2.75) is 0 Å². The number of ether oxygens (including phenoxy) is 1. The van der Waals surface area contributed by atoms with E-state index in [1.54, 1.807) is 24.4 Å². The van der Waals surface area contributed by atoms with E-state index in [2.05, 4.69) is 20.3 Å². The van der Waals surface area contributed by atoms with Crippen molar-refractivity contribution in [3.63, 3.8) is 0 Å². The van der Waals surface area contributed by atoms with Gasteiger partial charge in [0.1, 0.15) is 18.2 Å². The number of hydrogen-bond acceptors (Lipinski definition) is 7. The summed E-state index contributed by atoms with van der Waals surface area (Å²) in [6.07, 6.45) is 0.631. The molecule has 27 heavy (non-hydrogen) atoms. The van der Waals surface area contributed by atoms with E-state index in [0.29, 0.717) is 16.7 Å². The number of carboxylic acid groups (broad SMARTS) is 1. The van der Waals surface area contributed by atoms with E-state index in [-0.39, 0.29) is 25.0 Å². The highest BCUT2D eigenvalue weighted by Gasteiger charge is 2.09. The summed E-state index contributed by atoms with van der Waals surface area (Å²) >= 11 is 6.08. The van der Waals surface area contributed by atoms with Gasteiger partial charge in [0.25, 0.3) is 0 Å². The number of nitrogens with two attached hydrogens (primary N) is 1. The van der Waals surface area contributed by atoms with E-state index in [9.17, 15) is 4.79 Å². The Morgan fingerprint density at radius 1 is 1.33 bits per heavy atom. The van der Waals surface area contributed by atoms with Crippen molar-refractivity contribution in [3.8, 4) is 5.88 Å². The molecule has 2 aromatic heterocycles. The van der Waals surface area contributed by atoms with Crippen molar-refractivity contribution >= 4 is 46.1 Å². The maximum absolute atomic E-state index is 10.8. The van der Waals surface area contributed by atoms with Crippen LogP contribution >= 0.6 is 11.6 Å². The lowest BCUT2D eigenvalue weighted by Crippen LogP contribution is -2.29. The van der Waals surface area contributed by atoms with E-state index in [1.807, 2.05) is 12.1 Å². The fraction of sp³-hybridized carbons (Fsp3) is 0.176. The highest BCUT2D eigenvalue weighted by molar-refractivity contribution is 6.31. The first-order chi connectivity index (χ1) is 12.9. The molecule has 0 unspecified atom stereocenters. The number of carbonyl (C=O) groups is 1. The molecule has 140 valence electrons. The number of aromatic nitrogens is 3. The molecule has 0 atom stereocenters. The van der Waals surface area contributed by atoms with Gasteiger partial charge in [-0.3, -0.25) is 0 Å². The van der Waals surface area contributed by atoms with Crippen LogP contribution in [0.3, 0.4) is 0 Å². The Hall–Kier alpha value is -3.33. The Balaban J connectivity index is 1.79. The number of nitrogens with zero attached hydrogens (tertiary/aromatic N) is 4. The minimum absolute atomic E-state index is 0.0138. The van der Waals surface area contributed by atoms with Gasteiger partial charge in [-0.15, -0.1) is 0 Å². The molecule has 0 aliphatic carbocycles. The minimum atomic E-state index is -1.04. The predicted octanol–water partition coefficient (Wildman–Crippen LogP) is 2.99. The third-order valence-electron chi connectivity index (χ3n) is 3.70.